The largest absolute Gasteiger partial charge is 0.303 e. The Hall–Kier alpha value is -0.590. The van der Waals surface area contributed by atoms with E-state index in [0.29, 0.717) is 5.92 Å². The molecule has 1 heteroatoms. The summed E-state index contributed by atoms with van der Waals surface area (Å²) in [6.07, 6.45) is 4.42. The minimum absolute atomic E-state index is 0.189. The minimum atomic E-state index is 0.189. The highest BCUT2D eigenvalue weighted by atomic mass is 16.1. The molecule has 0 bridgehead atoms. The Morgan fingerprint density at radius 3 is 2.58 bits per heavy atom. The normalized spacial score (nSPS) is 29.7. The number of allylic oxidation sites excluding steroid dienone is 2. The van der Waals surface area contributed by atoms with Crippen molar-refractivity contribution >= 4 is 6.29 Å². The molecule has 0 aromatic heterocycles. The average Bonchev–Trinajstić information content (AvgIpc) is 2.27. The number of aldehydes is 1. The van der Waals surface area contributed by atoms with Gasteiger partial charge in [-0.3, -0.25) is 0 Å². The Bertz CT molecular complexity index is 213. The standard InChI is InChI=1S/C11H18O/c1-8(7-12)10-6-5-9(2)11(10,3)4/h5,7-8,10H,6H2,1-4H3/t8-,10-/m1/s1. The van der Waals surface area contributed by atoms with E-state index in [1.807, 2.05) is 6.92 Å². The van der Waals surface area contributed by atoms with Crippen molar-refractivity contribution in [1.82, 2.24) is 0 Å². The molecule has 0 aromatic rings. The topological polar surface area (TPSA) is 17.1 Å². The van der Waals surface area contributed by atoms with E-state index in [-0.39, 0.29) is 11.3 Å². The van der Waals surface area contributed by atoms with Crippen LogP contribution in [-0.4, -0.2) is 6.29 Å². The first-order valence-corrected chi connectivity index (χ1v) is 4.62. The van der Waals surface area contributed by atoms with Crippen molar-refractivity contribution in [2.24, 2.45) is 17.3 Å². The Morgan fingerprint density at radius 1 is 1.67 bits per heavy atom. The third kappa shape index (κ3) is 1.33. The molecule has 2 atom stereocenters. The molecule has 0 unspecified atom stereocenters. The lowest BCUT2D eigenvalue weighted by molar-refractivity contribution is -0.112. The Kier molecular flexibility index (Phi) is 2.41. The van der Waals surface area contributed by atoms with E-state index in [1.165, 1.54) is 5.57 Å². The Morgan fingerprint density at radius 2 is 2.25 bits per heavy atom. The fraction of sp³-hybridized carbons (Fsp3) is 0.727. The van der Waals surface area contributed by atoms with Crippen LogP contribution in [0.5, 0.6) is 0 Å². The van der Waals surface area contributed by atoms with Crippen molar-refractivity contribution in [3.8, 4) is 0 Å². The molecular formula is C11H18O. The van der Waals surface area contributed by atoms with Crippen molar-refractivity contribution in [3.05, 3.63) is 11.6 Å². The molecule has 0 saturated heterocycles. The number of carbonyl (C=O) groups excluding carboxylic acids is 1. The molecule has 0 spiro atoms. The third-order valence-corrected chi connectivity index (χ3v) is 3.47. The van der Waals surface area contributed by atoms with Crippen LogP contribution in [0.1, 0.15) is 34.1 Å². The molecule has 0 aromatic carbocycles. The van der Waals surface area contributed by atoms with Crippen LogP contribution in [0, 0.1) is 17.3 Å². The van der Waals surface area contributed by atoms with Gasteiger partial charge in [0.2, 0.25) is 0 Å². The molecule has 1 nitrogen and oxygen atoms in total. The predicted octanol–water partition coefficient (Wildman–Crippen LogP) is 2.81. The van der Waals surface area contributed by atoms with Gasteiger partial charge in [-0.25, -0.2) is 0 Å². The molecule has 0 saturated carbocycles. The van der Waals surface area contributed by atoms with Crippen molar-refractivity contribution in [1.29, 1.82) is 0 Å². The van der Waals surface area contributed by atoms with Gasteiger partial charge in [0.25, 0.3) is 0 Å². The van der Waals surface area contributed by atoms with E-state index in [0.717, 1.165) is 12.7 Å². The van der Waals surface area contributed by atoms with Gasteiger partial charge < -0.3 is 4.79 Å². The van der Waals surface area contributed by atoms with Gasteiger partial charge in [0.15, 0.2) is 0 Å². The minimum Gasteiger partial charge on any atom is -0.303 e. The SMILES string of the molecule is CC1=CC[C@H]([C@H](C)C=O)C1(C)C. The van der Waals surface area contributed by atoms with Crippen LogP contribution in [0.15, 0.2) is 11.6 Å². The van der Waals surface area contributed by atoms with Gasteiger partial charge in [-0.15, -0.1) is 0 Å². The highest BCUT2D eigenvalue weighted by molar-refractivity contribution is 5.54. The van der Waals surface area contributed by atoms with E-state index >= 15 is 0 Å². The van der Waals surface area contributed by atoms with Crippen LogP contribution in [-0.2, 0) is 4.79 Å². The summed E-state index contributed by atoms with van der Waals surface area (Å²) in [6, 6.07) is 0. The van der Waals surface area contributed by atoms with Gasteiger partial charge in [-0.2, -0.15) is 0 Å². The highest BCUT2D eigenvalue weighted by Gasteiger charge is 2.37. The van der Waals surface area contributed by atoms with Gasteiger partial charge >= 0.3 is 0 Å². The molecule has 1 aliphatic rings. The van der Waals surface area contributed by atoms with E-state index in [4.69, 9.17) is 0 Å². The van der Waals surface area contributed by atoms with Crippen molar-refractivity contribution in [2.75, 3.05) is 0 Å². The summed E-state index contributed by atoms with van der Waals surface area (Å²) in [5.74, 6) is 0.698. The molecule has 0 heterocycles. The summed E-state index contributed by atoms with van der Waals surface area (Å²) in [5, 5.41) is 0. The molecule has 0 aliphatic heterocycles. The van der Waals surface area contributed by atoms with E-state index in [1.54, 1.807) is 0 Å². The van der Waals surface area contributed by atoms with Gasteiger partial charge in [-0.1, -0.05) is 32.4 Å². The van der Waals surface area contributed by atoms with Crippen molar-refractivity contribution < 1.29 is 4.79 Å². The van der Waals surface area contributed by atoms with Gasteiger partial charge in [0.1, 0.15) is 6.29 Å². The number of hydrogen-bond donors (Lipinski definition) is 0. The summed E-state index contributed by atoms with van der Waals surface area (Å²) in [6.45, 7) is 8.65. The first kappa shape index (κ1) is 9.50. The van der Waals surface area contributed by atoms with E-state index < -0.39 is 0 Å². The fourth-order valence-electron chi connectivity index (χ4n) is 2.12. The fourth-order valence-corrected chi connectivity index (χ4v) is 2.12. The van der Waals surface area contributed by atoms with Crippen LogP contribution in [0.2, 0.25) is 0 Å². The molecule has 0 radical (unpaired) electrons. The second-order valence-electron chi connectivity index (χ2n) is 4.45. The number of rotatable bonds is 2. The summed E-state index contributed by atoms with van der Waals surface area (Å²) in [5.41, 5.74) is 1.65. The zero-order valence-electron chi connectivity index (χ0n) is 8.42. The van der Waals surface area contributed by atoms with Crippen LogP contribution >= 0.6 is 0 Å². The quantitative estimate of drug-likeness (QED) is 0.455. The monoisotopic (exact) mass is 166 g/mol. The van der Waals surface area contributed by atoms with Crippen molar-refractivity contribution in [3.63, 3.8) is 0 Å². The second kappa shape index (κ2) is 3.04. The van der Waals surface area contributed by atoms with Gasteiger partial charge in [-0.05, 0) is 24.7 Å². The molecule has 0 fully saturated rings. The lowest BCUT2D eigenvalue weighted by atomic mass is 9.72. The molecule has 0 N–H and O–H groups in total. The van der Waals surface area contributed by atoms with Crippen LogP contribution in [0.4, 0.5) is 0 Å². The molecule has 68 valence electrons. The maximum atomic E-state index is 10.7. The molecule has 1 rings (SSSR count). The smallest absolute Gasteiger partial charge is 0.123 e. The van der Waals surface area contributed by atoms with Crippen LogP contribution < -0.4 is 0 Å². The lowest BCUT2D eigenvalue weighted by Crippen LogP contribution is -2.26. The van der Waals surface area contributed by atoms with E-state index in [2.05, 4.69) is 26.8 Å². The number of hydrogen-bond acceptors (Lipinski definition) is 1. The van der Waals surface area contributed by atoms with Crippen LogP contribution in [0.25, 0.3) is 0 Å². The Labute approximate surface area is 74.9 Å². The molecular weight excluding hydrogens is 148 g/mol. The highest BCUT2D eigenvalue weighted by Crippen LogP contribution is 2.45. The number of carbonyl (C=O) groups is 1. The van der Waals surface area contributed by atoms with Crippen molar-refractivity contribution in [2.45, 2.75) is 34.1 Å². The summed E-state index contributed by atoms with van der Waals surface area (Å²) < 4.78 is 0. The third-order valence-electron chi connectivity index (χ3n) is 3.47. The zero-order chi connectivity index (χ0) is 9.35. The van der Waals surface area contributed by atoms with Crippen LogP contribution in [0.3, 0.4) is 0 Å². The zero-order valence-corrected chi connectivity index (χ0v) is 8.42. The molecule has 0 amide bonds. The van der Waals surface area contributed by atoms with E-state index in [9.17, 15) is 4.79 Å². The van der Waals surface area contributed by atoms with Gasteiger partial charge in [0, 0.05) is 5.92 Å². The van der Waals surface area contributed by atoms with Gasteiger partial charge in [0.05, 0.1) is 0 Å². The Balaban J connectivity index is 2.80. The predicted molar refractivity (Wildman–Crippen MR) is 50.9 cm³/mol. The summed E-state index contributed by atoms with van der Waals surface area (Å²) in [4.78, 5) is 10.7. The second-order valence-corrected chi connectivity index (χ2v) is 4.45. The molecule has 12 heavy (non-hydrogen) atoms. The molecule has 1 aliphatic carbocycles. The average molecular weight is 166 g/mol. The maximum absolute atomic E-state index is 10.7. The summed E-state index contributed by atoms with van der Waals surface area (Å²) in [7, 11) is 0. The first-order chi connectivity index (χ1) is 5.50. The maximum Gasteiger partial charge on any atom is 0.123 e. The summed E-state index contributed by atoms with van der Waals surface area (Å²) >= 11 is 0. The first-order valence-electron chi connectivity index (χ1n) is 4.62. The lowest BCUT2D eigenvalue weighted by Gasteiger charge is -2.31.